The fraction of sp³-hybridized carbons (Fsp3) is 1.00. The summed E-state index contributed by atoms with van der Waals surface area (Å²) in [7, 11) is -2.29. The third kappa shape index (κ3) is 4.59. The predicted molar refractivity (Wildman–Crippen MR) is 73.1 cm³/mol. The molecular formula is C8H24NPSeSi2. The molecule has 0 rings (SSSR count). The normalized spacial score (nSPS) is 15.2. The van der Waals surface area contributed by atoms with Gasteiger partial charge in [-0.3, -0.25) is 0 Å². The Balaban J connectivity index is 5.15. The standard InChI is InChI=1S/C8H24NPSeSi2/c1-10(2,11)9(12(3,4)5)13(6,7)8/h1-8H3. The van der Waals surface area contributed by atoms with Gasteiger partial charge in [0.05, 0.1) is 0 Å². The summed E-state index contributed by atoms with van der Waals surface area (Å²) in [5.41, 5.74) is -0.937. The van der Waals surface area contributed by atoms with Crippen LogP contribution in [0.4, 0.5) is 0 Å². The summed E-state index contributed by atoms with van der Waals surface area (Å²) in [6, 6.07) is 0. The van der Waals surface area contributed by atoms with E-state index in [1.54, 1.807) is 0 Å². The topological polar surface area (TPSA) is 3.24 Å². The Kier molecular flexibility index (Phi) is 4.49. The molecule has 0 fully saturated rings. The molecule has 0 N–H and O–H groups in total. The predicted octanol–water partition coefficient (Wildman–Crippen LogP) is 3.23. The molecule has 0 aromatic carbocycles. The van der Waals surface area contributed by atoms with Crippen LogP contribution in [0.2, 0.25) is 39.3 Å². The van der Waals surface area contributed by atoms with Crippen LogP contribution in [0.15, 0.2) is 0 Å². The van der Waals surface area contributed by atoms with Crippen molar-refractivity contribution >= 4 is 37.2 Å². The van der Waals surface area contributed by atoms with Crippen molar-refractivity contribution in [1.82, 2.24) is 4.00 Å². The number of rotatable bonds is 3. The average Bonchev–Trinajstić information content (AvgIpc) is 1.44. The first-order valence-electron chi connectivity index (χ1n) is 4.72. The molecule has 80 valence electrons. The SMILES string of the molecule is C[Si](C)(C)N([Si](C)(C)C)P(C)(C)=[Se]. The van der Waals surface area contributed by atoms with Crippen molar-refractivity contribution in [1.29, 1.82) is 0 Å². The molecule has 0 atom stereocenters. The zero-order chi connectivity index (χ0) is 11.1. The maximum absolute atomic E-state index is 3.44. The molecule has 0 aliphatic carbocycles. The first kappa shape index (κ1) is 14.3. The fourth-order valence-electron chi connectivity index (χ4n) is 2.45. The Morgan fingerprint density at radius 3 is 1.08 bits per heavy atom. The third-order valence-corrected chi connectivity index (χ3v) is 18.9. The zero-order valence-corrected chi connectivity index (χ0v) is 14.9. The molecule has 0 saturated carbocycles. The van der Waals surface area contributed by atoms with Crippen LogP contribution in [0, 0.1) is 0 Å². The van der Waals surface area contributed by atoms with Crippen molar-refractivity contribution in [2.75, 3.05) is 13.3 Å². The molecule has 0 bridgehead atoms. The van der Waals surface area contributed by atoms with Crippen molar-refractivity contribution in [3.63, 3.8) is 0 Å². The van der Waals surface area contributed by atoms with Gasteiger partial charge in [0.25, 0.3) is 0 Å². The van der Waals surface area contributed by atoms with E-state index in [0.717, 1.165) is 0 Å². The molecule has 0 aliphatic rings. The van der Waals surface area contributed by atoms with E-state index in [2.05, 4.69) is 71.7 Å². The summed E-state index contributed by atoms with van der Waals surface area (Å²) in [6.07, 6.45) is 0. The van der Waals surface area contributed by atoms with Crippen LogP contribution in [0.1, 0.15) is 0 Å². The van der Waals surface area contributed by atoms with Crippen molar-refractivity contribution in [2.24, 2.45) is 0 Å². The van der Waals surface area contributed by atoms with Gasteiger partial charge in [0.1, 0.15) is 0 Å². The Morgan fingerprint density at radius 1 is 0.846 bits per heavy atom. The van der Waals surface area contributed by atoms with E-state index < -0.39 is 22.1 Å². The van der Waals surface area contributed by atoms with E-state index in [1.807, 2.05) is 0 Å². The molecule has 0 aromatic rings. The van der Waals surface area contributed by atoms with E-state index in [-0.39, 0.29) is 0 Å². The first-order chi connectivity index (χ1) is 5.37. The van der Waals surface area contributed by atoms with Gasteiger partial charge < -0.3 is 0 Å². The van der Waals surface area contributed by atoms with Gasteiger partial charge in [-0.15, -0.1) is 0 Å². The van der Waals surface area contributed by atoms with Crippen LogP contribution in [0.5, 0.6) is 0 Å². The Hall–Kier alpha value is 1.34. The minimum atomic E-state index is -1.14. The quantitative estimate of drug-likeness (QED) is 0.571. The Bertz CT molecular complexity index is 209. The summed E-state index contributed by atoms with van der Waals surface area (Å²) in [5.74, 6) is 0. The molecule has 0 radical (unpaired) electrons. The molecule has 5 heteroatoms. The zero-order valence-electron chi connectivity index (χ0n) is 10.3. The van der Waals surface area contributed by atoms with Gasteiger partial charge in [0, 0.05) is 0 Å². The molecule has 0 heterocycles. The van der Waals surface area contributed by atoms with Gasteiger partial charge >= 0.3 is 93.8 Å². The number of hydrogen-bond acceptors (Lipinski definition) is 1. The summed E-state index contributed by atoms with van der Waals surface area (Å²) in [4.78, 5) is 0. The van der Waals surface area contributed by atoms with Crippen LogP contribution in [-0.2, 0) is 0 Å². The molecule has 0 aliphatic heterocycles. The van der Waals surface area contributed by atoms with Gasteiger partial charge in [0.15, 0.2) is 0 Å². The molecule has 0 unspecified atom stereocenters. The molecule has 0 amide bonds. The Labute approximate surface area is 93.7 Å². The van der Waals surface area contributed by atoms with Crippen molar-refractivity contribution in [3.8, 4) is 0 Å². The second-order valence-corrected chi connectivity index (χ2v) is 25.3. The van der Waals surface area contributed by atoms with E-state index in [9.17, 15) is 0 Å². The van der Waals surface area contributed by atoms with E-state index in [4.69, 9.17) is 0 Å². The van der Waals surface area contributed by atoms with Gasteiger partial charge in [-0.1, -0.05) is 0 Å². The monoisotopic (exact) mass is 301 g/mol. The first-order valence-corrected chi connectivity index (χ1v) is 16.5. The minimum absolute atomic E-state index is 0.937. The summed E-state index contributed by atoms with van der Waals surface area (Å²) in [6.45, 7) is 19.6. The molecule has 1 nitrogen and oxygen atoms in total. The van der Waals surface area contributed by atoms with Gasteiger partial charge in [-0.2, -0.15) is 0 Å². The number of hydrogen-bond donors (Lipinski definition) is 0. The van der Waals surface area contributed by atoms with Gasteiger partial charge in [0.2, 0.25) is 0 Å². The summed E-state index contributed by atoms with van der Waals surface area (Å²) >= 11 is 3.44. The fourth-order valence-corrected chi connectivity index (χ4v) is 31.3. The molecule has 0 saturated heterocycles. The Morgan fingerprint density at radius 2 is 1.08 bits per heavy atom. The second-order valence-electron chi connectivity index (χ2n) is 5.95. The van der Waals surface area contributed by atoms with Gasteiger partial charge in [-0.25, -0.2) is 0 Å². The van der Waals surface area contributed by atoms with Crippen LogP contribution < -0.4 is 0 Å². The molecule has 13 heavy (non-hydrogen) atoms. The second kappa shape index (κ2) is 4.07. The van der Waals surface area contributed by atoms with E-state index in [0.29, 0.717) is 0 Å². The maximum atomic E-state index is 3.44. The van der Waals surface area contributed by atoms with Crippen molar-refractivity contribution < 1.29 is 0 Å². The number of nitrogens with zero attached hydrogens (tertiary/aromatic N) is 1. The molecule has 0 aromatic heterocycles. The van der Waals surface area contributed by atoms with Crippen LogP contribution in [-0.4, -0.2) is 48.9 Å². The molecule has 0 spiro atoms. The van der Waals surface area contributed by atoms with Crippen LogP contribution in [0.3, 0.4) is 0 Å². The third-order valence-electron chi connectivity index (χ3n) is 1.75. The van der Waals surface area contributed by atoms with E-state index >= 15 is 0 Å². The molecular weight excluding hydrogens is 276 g/mol. The van der Waals surface area contributed by atoms with Crippen molar-refractivity contribution in [3.05, 3.63) is 0 Å². The van der Waals surface area contributed by atoms with E-state index in [1.165, 1.54) is 0 Å². The van der Waals surface area contributed by atoms with Crippen LogP contribution >= 0.6 is 5.66 Å². The van der Waals surface area contributed by atoms with Crippen LogP contribution in [0.25, 0.3) is 0 Å². The average molecular weight is 300 g/mol. The van der Waals surface area contributed by atoms with Gasteiger partial charge in [-0.05, 0) is 0 Å². The van der Waals surface area contributed by atoms with Crippen molar-refractivity contribution in [2.45, 2.75) is 39.3 Å². The summed E-state index contributed by atoms with van der Waals surface area (Å²) in [5, 5.41) is 0. The summed E-state index contributed by atoms with van der Waals surface area (Å²) < 4.78 is 2.90.